The van der Waals surface area contributed by atoms with Crippen molar-refractivity contribution in [3.05, 3.63) is 51.8 Å². The van der Waals surface area contributed by atoms with Crippen LogP contribution in [0, 0.1) is 0 Å². The Morgan fingerprint density at radius 3 is 2.78 bits per heavy atom. The van der Waals surface area contributed by atoms with Crippen molar-refractivity contribution < 1.29 is 9.90 Å². The number of aromatic nitrogens is 4. The summed E-state index contributed by atoms with van der Waals surface area (Å²) in [6.45, 7) is 0.558. The van der Waals surface area contributed by atoms with Crippen LogP contribution in [0.3, 0.4) is 0 Å². The predicted molar refractivity (Wildman–Crippen MR) is 103 cm³/mol. The highest BCUT2D eigenvalue weighted by molar-refractivity contribution is 5.93. The number of allylic oxidation sites excluding steroid dienone is 1. The van der Waals surface area contributed by atoms with Crippen molar-refractivity contribution >= 4 is 34.5 Å². The molecule has 1 aromatic carbocycles. The number of carbonyl (C=O) groups is 1. The van der Waals surface area contributed by atoms with Crippen molar-refractivity contribution in [3.63, 3.8) is 0 Å². The zero-order chi connectivity index (χ0) is 19.3. The maximum absolute atomic E-state index is 12.8. The number of rotatable bonds is 3. The summed E-state index contributed by atoms with van der Waals surface area (Å²) in [4.78, 5) is 34.9. The minimum atomic E-state index is -1.04. The van der Waals surface area contributed by atoms with Gasteiger partial charge in [-0.05, 0) is 36.3 Å². The van der Waals surface area contributed by atoms with Gasteiger partial charge in [-0.25, -0.2) is 14.8 Å². The topological polar surface area (TPSA) is 93.2 Å². The van der Waals surface area contributed by atoms with Crippen LogP contribution in [0.2, 0.25) is 0 Å². The van der Waals surface area contributed by atoms with Gasteiger partial charge in [0.2, 0.25) is 5.95 Å². The molecule has 0 saturated carbocycles. The molecule has 2 aromatic heterocycles. The molecule has 27 heavy (non-hydrogen) atoms. The zero-order valence-electron chi connectivity index (χ0n) is 15.3. The third-order valence-corrected chi connectivity index (χ3v) is 4.82. The zero-order valence-corrected chi connectivity index (χ0v) is 15.3. The van der Waals surface area contributed by atoms with Crippen molar-refractivity contribution in [2.75, 3.05) is 19.0 Å². The molecule has 0 atom stereocenters. The van der Waals surface area contributed by atoms with Crippen LogP contribution < -0.4 is 10.5 Å². The minimum Gasteiger partial charge on any atom is -0.478 e. The number of nitrogens with zero attached hydrogens (tertiary/aromatic N) is 5. The van der Waals surface area contributed by atoms with E-state index < -0.39 is 5.97 Å². The van der Waals surface area contributed by atoms with E-state index in [1.807, 2.05) is 36.7 Å². The van der Waals surface area contributed by atoms with Gasteiger partial charge in [0, 0.05) is 27.7 Å². The molecule has 0 fully saturated rings. The number of anilines is 1. The molecule has 3 aromatic rings. The molecule has 0 saturated heterocycles. The summed E-state index contributed by atoms with van der Waals surface area (Å²) >= 11 is 0. The van der Waals surface area contributed by atoms with Crippen LogP contribution in [0.4, 0.5) is 5.95 Å². The molecule has 4 rings (SSSR count). The molecule has 0 amide bonds. The van der Waals surface area contributed by atoms with E-state index in [1.54, 1.807) is 10.8 Å². The average molecular weight is 365 g/mol. The lowest BCUT2D eigenvalue weighted by Gasteiger charge is -2.11. The first-order valence-corrected chi connectivity index (χ1v) is 8.54. The van der Waals surface area contributed by atoms with Crippen molar-refractivity contribution in [1.82, 2.24) is 19.1 Å². The van der Waals surface area contributed by atoms with Gasteiger partial charge in [-0.3, -0.25) is 9.36 Å². The first-order valence-electron chi connectivity index (χ1n) is 8.54. The van der Waals surface area contributed by atoms with Gasteiger partial charge in [0.15, 0.2) is 0 Å². The summed E-state index contributed by atoms with van der Waals surface area (Å²) in [7, 11) is 5.79. The van der Waals surface area contributed by atoms with E-state index in [-0.39, 0.29) is 11.1 Å². The highest BCUT2D eigenvalue weighted by Gasteiger charge is 2.22. The van der Waals surface area contributed by atoms with Gasteiger partial charge in [-0.15, -0.1) is 0 Å². The lowest BCUT2D eigenvalue weighted by molar-refractivity contribution is 0.0697. The number of aromatic carboxylic acids is 1. The van der Waals surface area contributed by atoms with E-state index in [4.69, 9.17) is 0 Å². The summed E-state index contributed by atoms with van der Waals surface area (Å²) in [5.74, 6) is 0.374. The second kappa shape index (κ2) is 6.08. The fourth-order valence-corrected chi connectivity index (χ4v) is 3.43. The lowest BCUT2D eigenvalue weighted by atomic mass is 10.1. The molecule has 0 unspecified atom stereocenters. The number of imidazole rings is 1. The summed E-state index contributed by atoms with van der Waals surface area (Å²) in [6, 6.07) is 4.42. The number of hydrogen-bond acceptors (Lipinski definition) is 5. The molecule has 1 N–H and O–H groups in total. The van der Waals surface area contributed by atoms with Crippen LogP contribution >= 0.6 is 0 Å². The first kappa shape index (κ1) is 17.0. The molecule has 1 aliphatic heterocycles. The Kier molecular flexibility index (Phi) is 3.83. The molecule has 8 nitrogen and oxygen atoms in total. The third kappa shape index (κ3) is 2.69. The van der Waals surface area contributed by atoms with Crippen molar-refractivity contribution in [3.8, 4) is 0 Å². The summed E-state index contributed by atoms with van der Waals surface area (Å²) < 4.78 is 3.62. The number of fused-ring (bicyclic) bond motifs is 2. The first-order chi connectivity index (χ1) is 12.9. The van der Waals surface area contributed by atoms with Gasteiger partial charge < -0.3 is 14.6 Å². The highest BCUT2D eigenvalue weighted by atomic mass is 16.4. The lowest BCUT2D eigenvalue weighted by Crippen LogP contribution is -2.21. The van der Waals surface area contributed by atoms with Gasteiger partial charge in [0.25, 0.3) is 5.56 Å². The number of benzene rings is 1. The van der Waals surface area contributed by atoms with Crippen LogP contribution in [0.25, 0.3) is 22.6 Å². The van der Waals surface area contributed by atoms with Crippen LogP contribution in [0.1, 0.15) is 28.3 Å². The molecule has 138 valence electrons. The Bertz CT molecular complexity index is 1170. The number of hydrogen-bond donors (Lipinski definition) is 1. The van der Waals surface area contributed by atoms with Gasteiger partial charge in [0.05, 0.1) is 28.4 Å². The third-order valence-electron chi connectivity index (χ3n) is 4.82. The standard InChI is InChI=1S/C19H19N5O3/c1-22(2)19-20-10-13(23(19)3)8-11-6-7-24-16(11)21-15-9-12(18(26)27)4-5-14(15)17(24)25/h4-5,8-10H,6-7H2,1-3H3,(H,26,27). The van der Waals surface area contributed by atoms with E-state index in [1.165, 1.54) is 18.2 Å². The quantitative estimate of drug-likeness (QED) is 0.761. The summed E-state index contributed by atoms with van der Waals surface area (Å²) in [5, 5.41) is 9.63. The van der Waals surface area contributed by atoms with Crippen molar-refractivity contribution in [2.24, 2.45) is 7.05 Å². The molecule has 0 spiro atoms. The molecular weight excluding hydrogens is 346 g/mol. The maximum atomic E-state index is 12.8. The Hall–Kier alpha value is -3.42. The smallest absolute Gasteiger partial charge is 0.335 e. The number of carboxylic acids is 1. The average Bonchev–Trinajstić information content (AvgIpc) is 3.19. The minimum absolute atomic E-state index is 0.116. The van der Waals surface area contributed by atoms with Crippen LogP contribution in [-0.4, -0.2) is 44.3 Å². The summed E-state index contributed by atoms with van der Waals surface area (Å²) in [5.41, 5.74) is 2.22. The van der Waals surface area contributed by atoms with E-state index in [0.717, 1.165) is 17.2 Å². The summed E-state index contributed by atoms with van der Waals surface area (Å²) in [6.07, 6.45) is 4.46. The van der Waals surface area contributed by atoms with E-state index >= 15 is 0 Å². The molecule has 0 bridgehead atoms. The Morgan fingerprint density at radius 1 is 1.33 bits per heavy atom. The Labute approximate surface area is 155 Å². The second-order valence-electron chi connectivity index (χ2n) is 6.79. The van der Waals surface area contributed by atoms with E-state index in [9.17, 15) is 14.7 Å². The second-order valence-corrected chi connectivity index (χ2v) is 6.79. The predicted octanol–water partition coefficient (Wildman–Crippen LogP) is 1.84. The van der Waals surface area contributed by atoms with Crippen molar-refractivity contribution in [1.29, 1.82) is 0 Å². The maximum Gasteiger partial charge on any atom is 0.335 e. The van der Waals surface area contributed by atoms with Crippen LogP contribution in [0.5, 0.6) is 0 Å². The largest absolute Gasteiger partial charge is 0.478 e. The van der Waals surface area contributed by atoms with E-state index in [0.29, 0.717) is 29.7 Å². The SMILES string of the molecule is CN(C)c1ncc(C=C2CCn3c2nc2cc(C(=O)O)ccc2c3=O)n1C. The molecular formula is C19H19N5O3. The fourth-order valence-electron chi connectivity index (χ4n) is 3.43. The monoisotopic (exact) mass is 365 g/mol. The van der Waals surface area contributed by atoms with Crippen LogP contribution in [-0.2, 0) is 13.6 Å². The van der Waals surface area contributed by atoms with Crippen molar-refractivity contribution in [2.45, 2.75) is 13.0 Å². The Balaban J connectivity index is 1.87. The van der Waals surface area contributed by atoms with Gasteiger partial charge in [-0.2, -0.15) is 0 Å². The highest BCUT2D eigenvalue weighted by Crippen LogP contribution is 2.28. The normalized spacial score (nSPS) is 14.7. The fraction of sp³-hybridized carbons (Fsp3) is 0.263. The van der Waals surface area contributed by atoms with Crippen LogP contribution in [0.15, 0.2) is 29.2 Å². The molecule has 3 heterocycles. The molecule has 8 heteroatoms. The van der Waals surface area contributed by atoms with Gasteiger partial charge in [0.1, 0.15) is 5.82 Å². The molecule has 0 aliphatic carbocycles. The molecule has 0 radical (unpaired) electrons. The van der Waals surface area contributed by atoms with Gasteiger partial charge >= 0.3 is 5.97 Å². The molecule has 1 aliphatic rings. The van der Waals surface area contributed by atoms with E-state index in [2.05, 4.69) is 9.97 Å². The Morgan fingerprint density at radius 2 is 2.11 bits per heavy atom. The van der Waals surface area contributed by atoms with Gasteiger partial charge in [-0.1, -0.05) is 0 Å². The number of carboxylic acid groups (broad SMARTS) is 1.